The lowest BCUT2D eigenvalue weighted by molar-refractivity contribution is -0.122. The molecule has 1 rings (SSSR count). The van der Waals surface area contributed by atoms with Gasteiger partial charge in [-0.05, 0) is 38.5 Å². The summed E-state index contributed by atoms with van der Waals surface area (Å²) in [5.41, 5.74) is 6.72. The lowest BCUT2D eigenvalue weighted by Crippen LogP contribution is -2.36. The van der Waals surface area contributed by atoms with Gasteiger partial charge in [0, 0.05) is 12.6 Å². The number of nitrogens with two attached hydrogens (primary N) is 1. The van der Waals surface area contributed by atoms with Crippen LogP contribution in [0, 0.1) is 0 Å². The van der Waals surface area contributed by atoms with Gasteiger partial charge < -0.3 is 21.1 Å². The first kappa shape index (κ1) is 16.8. The highest BCUT2D eigenvalue weighted by atomic mass is 16.5. The summed E-state index contributed by atoms with van der Waals surface area (Å²) < 4.78 is 5.42. The number of nitrogens with zero attached hydrogens (tertiary/aromatic N) is 1. The van der Waals surface area contributed by atoms with Crippen LogP contribution in [0.1, 0.15) is 26.3 Å². The van der Waals surface area contributed by atoms with E-state index < -0.39 is 0 Å². The van der Waals surface area contributed by atoms with Crippen LogP contribution in [0.4, 0.5) is 0 Å². The molecule has 0 bridgehead atoms. The lowest BCUT2D eigenvalue weighted by atomic mass is 10.2. The molecule has 6 heteroatoms. The predicted molar refractivity (Wildman–Crippen MR) is 84.2 cm³/mol. The van der Waals surface area contributed by atoms with Crippen LogP contribution in [0.3, 0.4) is 0 Å². The number of hydrogen-bond donors (Lipinski definition) is 3. The maximum absolute atomic E-state index is 11.3. The highest BCUT2D eigenvalue weighted by molar-refractivity contribution is 5.78. The third-order valence-electron chi connectivity index (χ3n) is 2.51. The number of benzene rings is 1. The Bertz CT molecular complexity index is 486. The minimum absolute atomic E-state index is 0.0115. The zero-order valence-corrected chi connectivity index (χ0v) is 12.8. The van der Waals surface area contributed by atoms with Gasteiger partial charge >= 0.3 is 0 Å². The fraction of sp³-hybridized carbons (Fsp3) is 0.467. The second kappa shape index (κ2) is 8.84. The van der Waals surface area contributed by atoms with Gasteiger partial charge in [-0.3, -0.25) is 4.79 Å². The molecule has 0 aromatic heterocycles. The Hall–Kier alpha value is -2.24. The standard InChI is InChI=1S/C15H24N4O2/c1-4-17-14(20)10-21-13-7-5-6-12(8-13)9-18-15(16)19-11(2)3/h5-8,11H,4,9-10H2,1-3H3,(H,17,20)(H3,16,18,19). The van der Waals surface area contributed by atoms with Crippen LogP contribution < -0.4 is 21.1 Å². The Kier molecular flexibility index (Phi) is 7.08. The molecule has 21 heavy (non-hydrogen) atoms. The van der Waals surface area contributed by atoms with E-state index in [0.29, 0.717) is 24.8 Å². The Balaban J connectivity index is 2.54. The molecule has 0 aliphatic rings. The Labute approximate surface area is 125 Å². The second-order valence-electron chi connectivity index (χ2n) is 4.89. The molecule has 0 heterocycles. The minimum Gasteiger partial charge on any atom is -0.484 e. The molecule has 0 aliphatic carbocycles. The molecule has 116 valence electrons. The highest BCUT2D eigenvalue weighted by Crippen LogP contribution is 2.13. The second-order valence-corrected chi connectivity index (χ2v) is 4.89. The molecule has 6 nitrogen and oxygen atoms in total. The van der Waals surface area contributed by atoms with Crippen molar-refractivity contribution in [1.82, 2.24) is 10.6 Å². The van der Waals surface area contributed by atoms with E-state index >= 15 is 0 Å². The van der Waals surface area contributed by atoms with E-state index in [1.165, 1.54) is 0 Å². The first-order valence-electron chi connectivity index (χ1n) is 7.06. The molecule has 1 amide bonds. The van der Waals surface area contributed by atoms with Crippen molar-refractivity contribution < 1.29 is 9.53 Å². The number of carbonyl (C=O) groups is 1. The van der Waals surface area contributed by atoms with Crippen LogP contribution in [0.25, 0.3) is 0 Å². The number of carbonyl (C=O) groups excluding carboxylic acids is 1. The number of amides is 1. The van der Waals surface area contributed by atoms with Gasteiger partial charge in [-0.15, -0.1) is 0 Å². The maximum atomic E-state index is 11.3. The van der Waals surface area contributed by atoms with Crippen molar-refractivity contribution in [2.24, 2.45) is 10.7 Å². The van der Waals surface area contributed by atoms with Crippen molar-refractivity contribution >= 4 is 11.9 Å². The molecule has 1 aromatic rings. The Morgan fingerprint density at radius 1 is 1.43 bits per heavy atom. The zero-order chi connectivity index (χ0) is 15.7. The summed E-state index contributed by atoms with van der Waals surface area (Å²) in [5, 5.41) is 5.70. The summed E-state index contributed by atoms with van der Waals surface area (Å²) in [7, 11) is 0. The van der Waals surface area contributed by atoms with Gasteiger partial charge in [0.25, 0.3) is 5.91 Å². The van der Waals surface area contributed by atoms with Crippen molar-refractivity contribution in [2.75, 3.05) is 13.2 Å². The number of likely N-dealkylation sites (N-methyl/N-ethyl adjacent to an activating group) is 1. The number of ether oxygens (including phenoxy) is 1. The van der Waals surface area contributed by atoms with E-state index in [9.17, 15) is 4.79 Å². The van der Waals surface area contributed by atoms with Crippen LogP contribution in [0.5, 0.6) is 5.75 Å². The molecule has 0 radical (unpaired) electrons. The summed E-state index contributed by atoms with van der Waals surface area (Å²) in [6, 6.07) is 7.71. The van der Waals surface area contributed by atoms with Gasteiger partial charge in [0.2, 0.25) is 0 Å². The molecule has 1 aromatic carbocycles. The van der Waals surface area contributed by atoms with Crippen molar-refractivity contribution in [3.8, 4) is 5.75 Å². The Morgan fingerprint density at radius 2 is 2.19 bits per heavy atom. The average Bonchev–Trinajstić information content (AvgIpc) is 2.43. The minimum atomic E-state index is -0.133. The van der Waals surface area contributed by atoms with Gasteiger partial charge in [-0.2, -0.15) is 0 Å². The first-order chi connectivity index (χ1) is 10.0. The Morgan fingerprint density at radius 3 is 2.86 bits per heavy atom. The van der Waals surface area contributed by atoms with Gasteiger partial charge in [-0.25, -0.2) is 4.99 Å². The van der Waals surface area contributed by atoms with Crippen LogP contribution in [-0.2, 0) is 11.3 Å². The summed E-state index contributed by atoms with van der Waals surface area (Å²) in [6.07, 6.45) is 0. The smallest absolute Gasteiger partial charge is 0.257 e. The van der Waals surface area contributed by atoms with Crippen LogP contribution in [0.15, 0.2) is 29.3 Å². The van der Waals surface area contributed by atoms with Gasteiger partial charge in [0.1, 0.15) is 5.75 Å². The van der Waals surface area contributed by atoms with Crippen molar-refractivity contribution in [3.63, 3.8) is 0 Å². The highest BCUT2D eigenvalue weighted by Gasteiger charge is 2.02. The SMILES string of the molecule is CCNC(=O)COc1cccc(CN=C(N)NC(C)C)c1. The van der Waals surface area contributed by atoms with Gasteiger partial charge in [0.05, 0.1) is 6.54 Å². The van der Waals surface area contributed by atoms with Crippen LogP contribution >= 0.6 is 0 Å². The fourth-order valence-corrected chi connectivity index (χ4v) is 1.65. The molecule has 0 aliphatic heterocycles. The summed E-state index contributed by atoms with van der Waals surface area (Å²) in [4.78, 5) is 15.6. The monoisotopic (exact) mass is 292 g/mol. The number of hydrogen-bond acceptors (Lipinski definition) is 3. The maximum Gasteiger partial charge on any atom is 0.257 e. The number of nitrogens with one attached hydrogen (secondary N) is 2. The molecule has 0 saturated carbocycles. The number of aliphatic imine (C=N–C) groups is 1. The van der Waals surface area contributed by atoms with E-state index in [1.54, 1.807) is 0 Å². The van der Waals surface area contributed by atoms with E-state index in [4.69, 9.17) is 10.5 Å². The molecule has 0 saturated heterocycles. The number of guanidine groups is 1. The van der Waals surface area contributed by atoms with Gasteiger partial charge in [-0.1, -0.05) is 12.1 Å². The largest absolute Gasteiger partial charge is 0.484 e. The van der Waals surface area contributed by atoms with Crippen molar-refractivity contribution in [1.29, 1.82) is 0 Å². The summed E-state index contributed by atoms with van der Waals surface area (Å²) in [5.74, 6) is 0.925. The van der Waals surface area contributed by atoms with Crippen molar-refractivity contribution in [3.05, 3.63) is 29.8 Å². The molecule has 0 spiro atoms. The number of rotatable bonds is 7. The third kappa shape index (κ3) is 7.20. The molecular formula is C15H24N4O2. The molecule has 0 unspecified atom stereocenters. The van der Waals surface area contributed by atoms with E-state index in [-0.39, 0.29) is 18.6 Å². The molecule has 0 atom stereocenters. The molecule has 0 fully saturated rings. The zero-order valence-electron chi connectivity index (χ0n) is 12.8. The topological polar surface area (TPSA) is 88.7 Å². The lowest BCUT2D eigenvalue weighted by Gasteiger charge is -2.09. The van der Waals surface area contributed by atoms with E-state index in [2.05, 4.69) is 15.6 Å². The quantitative estimate of drug-likeness (QED) is 0.517. The van der Waals surface area contributed by atoms with E-state index in [1.807, 2.05) is 45.0 Å². The predicted octanol–water partition coefficient (Wildman–Crippen LogP) is 1.01. The van der Waals surface area contributed by atoms with Crippen molar-refractivity contribution in [2.45, 2.75) is 33.4 Å². The van der Waals surface area contributed by atoms with Crippen LogP contribution in [-0.4, -0.2) is 31.1 Å². The first-order valence-corrected chi connectivity index (χ1v) is 7.06. The van der Waals surface area contributed by atoms with E-state index in [0.717, 1.165) is 5.56 Å². The average molecular weight is 292 g/mol. The van der Waals surface area contributed by atoms with Gasteiger partial charge in [0.15, 0.2) is 12.6 Å². The van der Waals surface area contributed by atoms with Crippen LogP contribution in [0.2, 0.25) is 0 Å². The summed E-state index contributed by atoms with van der Waals surface area (Å²) >= 11 is 0. The molecule has 4 N–H and O–H groups in total. The third-order valence-corrected chi connectivity index (χ3v) is 2.51. The fourth-order valence-electron chi connectivity index (χ4n) is 1.65. The molecular weight excluding hydrogens is 268 g/mol. The normalized spacial score (nSPS) is 11.3. The summed E-state index contributed by atoms with van der Waals surface area (Å²) in [6.45, 7) is 6.93.